The molecular formula is C16H12ClFN2O5S. The van der Waals surface area contributed by atoms with Gasteiger partial charge in [-0.05, 0) is 24.3 Å². The molecule has 0 heterocycles. The van der Waals surface area contributed by atoms with Gasteiger partial charge in [-0.3, -0.25) is 19.7 Å². The quantitative estimate of drug-likeness (QED) is 0.331. The zero-order chi connectivity index (χ0) is 19.1. The van der Waals surface area contributed by atoms with Gasteiger partial charge in [0.15, 0.2) is 6.61 Å². The van der Waals surface area contributed by atoms with Crippen molar-refractivity contribution in [2.75, 3.05) is 17.7 Å². The molecule has 2 rings (SSSR count). The second kappa shape index (κ2) is 9.16. The minimum atomic E-state index is -0.750. The lowest BCUT2D eigenvalue weighted by Gasteiger charge is -2.07. The topological polar surface area (TPSA) is 98.5 Å². The fourth-order valence-electron chi connectivity index (χ4n) is 1.83. The Labute approximate surface area is 156 Å². The monoisotopic (exact) mass is 398 g/mol. The Bertz CT molecular complexity index is 849. The van der Waals surface area contributed by atoms with Gasteiger partial charge in [-0.15, -0.1) is 11.8 Å². The van der Waals surface area contributed by atoms with Crippen LogP contribution < -0.4 is 5.32 Å². The van der Waals surface area contributed by atoms with Crippen molar-refractivity contribution in [1.82, 2.24) is 0 Å². The van der Waals surface area contributed by atoms with Crippen LogP contribution in [0.25, 0.3) is 0 Å². The molecule has 136 valence electrons. The summed E-state index contributed by atoms with van der Waals surface area (Å²) < 4.78 is 18.2. The first kappa shape index (κ1) is 19.7. The van der Waals surface area contributed by atoms with Gasteiger partial charge >= 0.3 is 5.97 Å². The van der Waals surface area contributed by atoms with E-state index in [1.807, 2.05) is 0 Å². The molecule has 0 radical (unpaired) electrons. The van der Waals surface area contributed by atoms with E-state index in [0.29, 0.717) is 0 Å². The summed E-state index contributed by atoms with van der Waals surface area (Å²) in [7, 11) is 0. The van der Waals surface area contributed by atoms with Crippen molar-refractivity contribution in [3.8, 4) is 0 Å². The molecule has 1 amide bonds. The van der Waals surface area contributed by atoms with Crippen molar-refractivity contribution < 1.29 is 23.6 Å². The first-order valence-electron chi connectivity index (χ1n) is 7.13. The molecule has 0 aromatic heterocycles. The summed E-state index contributed by atoms with van der Waals surface area (Å²) in [5.41, 5.74) is -0.450. The second-order valence-corrected chi connectivity index (χ2v) is 6.30. The highest BCUT2D eigenvalue weighted by atomic mass is 35.5. The van der Waals surface area contributed by atoms with Crippen LogP contribution in [0.15, 0.2) is 47.4 Å². The summed E-state index contributed by atoms with van der Waals surface area (Å²) in [6.07, 6.45) is 0. The molecule has 0 unspecified atom stereocenters. The number of esters is 1. The highest BCUT2D eigenvalue weighted by Crippen LogP contribution is 2.27. The van der Waals surface area contributed by atoms with Gasteiger partial charge < -0.3 is 10.1 Å². The lowest BCUT2D eigenvalue weighted by atomic mass is 10.2. The number of nitro benzene ring substituents is 1. The van der Waals surface area contributed by atoms with Gasteiger partial charge in [0.2, 0.25) is 0 Å². The zero-order valence-electron chi connectivity index (χ0n) is 13.1. The zero-order valence-corrected chi connectivity index (χ0v) is 14.7. The molecule has 0 bridgehead atoms. The van der Waals surface area contributed by atoms with Crippen molar-refractivity contribution in [2.24, 2.45) is 0 Å². The predicted octanol–water partition coefficient (Wildman–Crippen LogP) is 3.66. The number of amides is 1. The highest BCUT2D eigenvalue weighted by molar-refractivity contribution is 8.00. The number of hydrogen-bond donors (Lipinski definition) is 1. The summed E-state index contributed by atoms with van der Waals surface area (Å²) in [5.74, 6) is -2.12. The Morgan fingerprint density at radius 2 is 2.00 bits per heavy atom. The van der Waals surface area contributed by atoms with Crippen molar-refractivity contribution in [3.05, 3.63) is 63.4 Å². The molecule has 0 aliphatic carbocycles. The number of ether oxygens (including phenoxy) is 1. The van der Waals surface area contributed by atoms with Crippen molar-refractivity contribution in [2.45, 2.75) is 4.90 Å². The summed E-state index contributed by atoms with van der Waals surface area (Å²) in [5, 5.41) is 13.4. The molecule has 2 aromatic rings. The van der Waals surface area contributed by atoms with E-state index in [2.05, 4.69) is 5.32 Å². The van der Waals surface area contributed by atoms with E-state index >= 15 is 0 Å². The van der Waals surface area contributed by atoms with Crippen LogP contribution >= 0.6 is 23.4 Å². The fraction of sp³-hybridized carbons (Fsp3) is 0.125. The molecular weight excluding hydrogens is 387 g/mol. The SMILES string of the molecule is O=C(COC(=O)CSc1ccccc1F)Nc1ccc(Cl)cc1[N+](=O)[O-]. The maximum Gasteiger partial charge on any atom is 0.316 e. The number of nitro groups is 1. The van der Waals surface area contributed by atoms with Gasteiger partial charge in [0.1, 0.15) is 11.5 Å². The van der Waals surface area contributed by atoms with Gasteiger partial charge in [-0.25, -0.2) is 4.39 Å². The molecule has 0 spiro atoms. The standard InChI is InChI=1S/C16H12ClFN2O5S/c17-10-5-6-12(13(7-10)20(23)24)19-15(21)8-25-16(22)9-26-14-4-2-1-3-11(14)18/h1-7H,8-9H2,(H,19,21). The fourth-order valence-corrected chi connectivity index (χ4v) is 2.74. The van der Waals surface area contributed by atoms with Crippen LogP contribution in [-0.2, 0) is 14.3 Å². The highest BCUT2D eigenvalue weighted by Gasteiger charge is 2.17. The Kier molecular flexibility index (Phi) is 6.93. The number of hydrogen-bond acceptors (Lipinski definition) is 6. The van der Waals surface area contributed by atoms with E-state index in [-0.39, 0.29) is 27.0 Å². The maximum absolute atomic E-state index is 13.4. The summed E-state index contributed by atoms with van der Waals surface area (Å²) in [6.45, 7) is -0.629. The molecule has 0 aliphatic rings. The van der Waals surface area contributed by atoms with Crippen LogP contribution in [0.3, 0.4) is 0 Å². The van der Waals surface area contributed by atoms with Crippen LogP contribution in [0.4, 0.5) is 15.8 Å². The number of carbonyl (C=O) groups excluding carboxylic acids is 2. The van der Waals surface area contributed by atoms with Gasteiger partial charge in [0.05, 0.1) is 10.7 Å². The van der Waals surface area contributed by atoms with Gasteiger partial charge in [-0.1, -0.05) is 23.7 Å². The number of thioether (sulfide) groups is 1. The van der Waals surface area contributed by atoms with Gasteiger partial charge in [0.25, 0.3) is 11.6 Å². The number of rotatable bonds is 7. The molecule has 7 nitrogen and oxygen atoms in total. The second-order valence-electron chi connectivity index (χ2n) is 4.85. The van der Waals surface area contributed by atoms with Crippen LogP contribution in [0.5, 0.6) is 0 Å². The van der Waals surface area contributed by atoms with E-state index in [0.717, 1.165) is 17.8 Å². The van der Waals surface area contributed by atoms with Crippen LogP contribution in [-0.4, -0.2) is 29.2 Å². The largest absolute Gasteiger partial charge is 0.455 e. The molecule has 10 heteroatoms. The minimum absolute atomic E-state index is 0.0684. The Balaban J connectivity index is 1.84. The van der Waals surface area contributed by atoms with Gasteiger partial charge in [-0.2, -0.15) is 0 Å². The van der Waals surface area contributed by atoms with E-state index in [1.54, 1.807) is 6.07 Å². The smallest absolute Gasteiger partial charge is 0.316 e. The third kappa shape index (κ3) is 5.71. The number of anilines is 1. The molecule has 0 saturated carbocycles. The average molecular weight is 399 g/mol. The van der Waals surface area contributed by atoms with E-state index in [9.17, 15) is 24.1 Å². The Morgan fingerprint density at radius 3 is 2.69 bits per heavy atom. The number of halogens is 2. The number of nitrogens with one attached hydrogen (secondary N) is 1. The van der Waals surface area contributed by atoms with Crippen LogP contribution in [0.1, 0.15) is 0 Å². The van der Waals surface area contributed by atoms with Crippen molar-refractivity contribution in [3.63, 3.8) is 0 Å². The maximum atomic E-state index is 13.4. The molecule has 0 fully saturated rings. The van der Waals surface area contributed by atoms with E-state index in [4.69, 9.17) is 16.3 Å². The van der Waals surface area contributed by atoms with Crippen molar-refractivity contribution >= 4 is 46.6 Å². The number of carbonyl (C=O) groups is 2. The molecule has 2 aromatic carbocycles. The number of benzene rings is 2. The summed E-state index contributed by atoms with van der Waals surface area (Å²) in [6, 6.07) is 9.67. The first-order chi connectivity index (χ1) is 12.4. The molecule has 26 heavy (non-hydrogen) atoms. The lowest BCUT2D eigenvalue weighted by Crippen LogP contribution is -2.22. The summed E-state index contributed by atoms with van der Waals surface area (Å²) >= 11 is 6.61. The molecule has 1 N–H and O–H groups in total. The number of nitrogens with zero attached hydrogens (tertiary/aromatic N) is 1. The molecule has 0 aliphatic heterocycles. The van der Waals surface area contributed by atoms with Crippen molar-refractivity contribution in [1.29, 1.82) is 0 Å². The normalized spacial score (nSPS) is 10.2. The van der Waals surface area contributed by atoms with E-state index < -0.39 is 29.2 Å². The lowest BCUT2D eigenvalue weighted by molar-refractivity contribution is -0.383. The third-order valence-corrected chi connectivity index (χ3v) is 4.23. The Morgan fingerprint density at radius 1 is 1.27 bits per heavy atom. The van der Waals surface area contributed by atoms with Crippen LogP contribution in [0.2, 0.25) is 5.02 Å². The minimum Gasteiger partial charge on any atom is -0.455 e. The van der Waals surface area contributed by atoms with Crippen LogP contribution in [0, 0.1) is 15.9 Å². The first-order valence-corrected chi connectivity index (χ1v) is 8.50. The Hall–Kier alpha value is -2.65. The predicted molar refractivity (Wildman–Crippen MR) is 94.8 cm³/mol. The van der Waals surface area contributed by atoms with Gasteiger partial charge in [0, 0.05) is 16.0 Å². The molecule has 0 atom stereocenters. The average Bonchev–Trinajstić information content (AvgIpc) is 2.60. The third-order valence-electron chi connectivity index (χ3n) is 2.98. The molecule has 0 saturated heterocycles. The van der Waals surface area contributed by atoms with E-state index in [1.165, 1.54) is 30.3 Å². The summed E-state index contributed by atoms with van der Waals surface area (Å²) in [4.78, 5) is 34.0.